The fourth-order valence-corrected chi connectivity index (χ4v) is 3.56. The van der Waals surface area contributed by atoms with E-state index < -0.39 is 0 Å². The second-order valence-electron chi connectivity index (χ2n) is 7.04. The molecule has 1 atom stereocenters. The number of ether oxygens (including phenoxy) is 1. The zero-order valence-electron chi connectivity index (χ0n) is 15.4. The molecule has 0 spiro atoms. The van der Waals surface area contributed by atoms with Crippen LogP contribution in [0.1, 0.15) is 29.4 Å². The average Bonchev–Trinajstić information content (AvgIpc) is 3.38. The number of aromatic amines is 1. The summed E-state index contributed by atoms with van der Waals surface area (Å²) in [5, 5.41) is 11.8. The topological polar surface area (TPSA) is 59.0 Å². The number of nitrogens with one attached hydrogen (secondary N) is 1. The second-order valence-corrected chi connectivity index (χ2v) is 7.04. The summed E-state index contributed by atoms with van der Waals surface area (Å²) in [4.78, 5) is 2.45. The van der Waals surface area contributed by atoms with E-state index in [-0.39, 0.29) is 5.82 Å². The highest BCUT2D eigenvalue weighted by molar-refractivity contribution is 5.22. The first-order chi connectivity index (χ1) is 13.2. The van der Waals surface area contributed by atoms with Crippen LogP contribution >= 0.6 is 0 Å². The van der Waals surface area contributed by atoms with Gasteiger partial charge in [0, 0.05) is 50.4 Å². The maximum atomic E-state index is 13.2. The summed E-state index contributed by atoms with van der Waals surface area (Å²) in [5.74, 6) is 0.719. The molecule has 27 heavy (non-hydrogen) atoms. The Hall–Kier alpha value is -2.67. The maximum absolute atomic E-state index is 13.2. The van der Waals surface area contributed by atoms with E-state index in [1.54, 1.807) is 12.1 Å². The van der Waals surface area contributed by atoms with Gasteiger partial charge in [-0.2, -0.15) is 10.2 Å². The molecule has 0 unspecified atom stereocenters. The van der Waals surface area contributed by atoms with Crippen molar-refractivity contribution in [3.05, 3.63) is 65.5 Å². The van der Waals surface area contributed by atoms with E-state index in [1.807, 2.05) is 17.9 Å². The summed E-state index contributed by atoms with van der Waals surface area (Å²) in [5.41, 5.74) is 3.39. The third kappa shape index (κ3) is 4.36. The van der Waals surface area contributed by atoms with E-state index in [2.05, 4.69) is 32.3 Å². The van der Waals surface area contributed by atoms with Crippen molar-refractivity contribution in [2.75, 3.05) is 19.7 Å². The molecule has 3 heterocycles. The van der Waals surface area contributed by atoms with E-state index in [1.165, 1.54) is 17.8 Å². The Bertz CT molecular complexity index is 890. The lowest BCUT2D eigenvalue weighted by molar-refractivity contribution is 0.316. The number of H-pyrrole nitrogens is 1. The van der Waals surface area contributed by atoms with Gasteiger partial charge in [0.1, 0.15) is 11.6 Å². The van der Waals surface area contributed by atoms with Gasteiger partial charge in [0.05, 0.1) is 18.0 Å². The predicted octanol–water partition coefficient (Wildman–Crippen LogP) is 2.89. The molecule has 1 aliphatic rings. The molecule has 6 nitrogen and oxygen atoms in total. The number of likely N-dealkylation sites (tertiary alicyclic amines) is 1. The zero-order chi connectivity index (χ0) is 18.6. The molecular weight excluding hydrogens is 345 g/mol. The van der Waals surface area contributed by atoms with Crippen LogP contribution in [-0.4, -0.2) is 44.6 Å². The van der Waals surface area contributed by atoms with Crippen LogP contribution in [0.2, 0.25) is 0 Å². The van der Waals surface area contributed by atoms with Gasteiger partial charge in [-0.25, -0.2) is 4.39 Å². The number of hydrogen-bond donors (Lipinski definition) is 1. The van der Waals surface area contributed by atoms with E-state index >= 15 is 0 Å². The van der Waals surface area contributed by atoms with Crippen LogP contribution < -0.4 is 4.74 Å². The predicted molar refractivity (Wildman–Crippen MR) is 100 cm³/mol. The number of benzene rings is 1. The Balaban J connectivity index is 1.27. The first-order valence-corrected chi connectivity index (χ1v) is 9.29. The first-order valence-electron chi connectivity index (χ1n) is 9.29. The van der Waals surface area contributed by atoms with E-state index in [0.717, 1.165) is 43.9 Å². The van der Waals surface area contributed by atoms with Crippen LogP contribution in [-0.2, 0) is 20.0 Å². The molecule has 1 N–H and O–H groups in total. The molecule has 2 aromatic heterocycles. The number of hydrogen-bond acceptors (Lipinski definition) is 4. The highest BCUT2D eigenvalue weighted by atomic mass is 19.1. The molecule has 4 rings (SSSR count). The quantitative estimate of drug-likeness (QED) is 0.696. The van der Waals surface area contributed by atoms with Crippen LogP contribution in [0.3, 0.4) is 0 Å². The van der Waals surface area contributed by atoms with E-state index in [9.17, 15) is 4.39 Å². The van der Waals surface area contributed by atoms with E-state index in [4.69, 9.17) is 4.74 Å². The molecule has 7 heteroatoms. The lowest BCUT2D eigenvalue weighted by Crippen LogP contribution is -2.21. The molecule has 1 aromatic carbocycles. The smallest absolute Gasteiger partial charge is 0.126 e. The third-order valence-corrected chi connectivity index (χ3v) is 5.09. The standard InChI is InChI=1S/C20H24FN5O/c1-25-18(5-8-22-25)14-26-9-6-15(13-26)20-12-17(23-24-20)7-10-27-19-4-2-3-16(21)11-19/h2-5,8,11-12,15H,6-7,9-10,13-14H2,1H3,(H,23,24)/t15-/m1/s1. The normalized spacial score (nSPS) is 17.5. The summed E-state index contributed by atoms with van der Waals surface area (Å²) >= 11 is 0. The summed E-state index contributed by atoms with van der Waals surface area (Å²) in [6, 6.07) is 10.4. The maximum Gasteiger partial charge on any atom is 0.126 e. The summed E-state index contributed by atoms with van der Waals surface area (Å²) in [6.45, 7) is 3.49. The molecular formula is C20H24FN5O. The fraction of sp³-hybridized carbons (Fsp3) is 0.400. The van der Waals surface area contributed by atoms with Gasteiger partial charge in [-0.3, -0.25) is 14.7 Å². The van der Waals surface area contributed by atoms with Crippen molar-refractivity contribution in [2.45, 2.75) is 25.3 Å². The number of aromatic nitrogens is 4. The minimum absolute atomic E-state index is 0.284. The Labute approximate surface area is 158 Å². The third-order valence-electron chi connectivity index (χ3n) is 5.09. The number of rotatable bonds is 7. The molecule has 0 amide bonds. The van der Waals surface area contributed by atoms with Gasteiger partial charge in [0.15, 0.2) is 0 Å². The zero-order valence-corrected chi connectivity index (χ0v) is 15.4. The Morgan fingerprint density at radius 3 is 3.04 bits per heavy atom. The highest BCUT2D eigenvalue weighted by Gasteiger charge is 2.26. The fourth-order valence-electron chi connectivity index (χ4n) is 3.56. The lowest BCUT2D eigenvalue weighted by Gasteiger charge is -2.15. The highest BCUT2D eigenvalue weighted by Crippen LogP contribution is 2.27. The molecule has 3 aromatic rings. The molecule has 1 saturated heterocycles. The van der Waals surface area contributed by atoms with Crippen molar-refractivity contribution in [2.24, 2.45) is 7.05 Å². The van der Waals surface area contributed by atoms with Crippen molar-refractivity contribution in [3.63, 3.8) is 0 Å². The van der Waals surface area contributed by atoms with Gasteiger partial charge < -0.3 is 4.74 Å². The van der Waals surface area contributed by atoms with Crippen LogP contribution in [0, 0.1) is 5.82 Å². The van der Waals surface area contributed by atoms with Crippen LogP contribution in [0.25, 0.3) is 0 Å². The van der Waals surface area contributed by atoms with Gasteiger partial charge in [0.25, 0.3) is 0 Å². The molecule has 0 radical (unpaired) electrons. The summed E-state index contributed by atoms with van der Waals surface area (Å²) in [7, 11) is 1.98. The monoisotopic (exact) mass is 369 g/mol. The Morgan fingerprint density at radius 1 is 1.30 bits per heavy atom. The van der Waals surface area contributed by atoms with Gasteiger partial charge in [-0.05, 0) is 37.2 Å². The minimum atomic E-state index is -0.284. The molecule has 142 valence electrons. The minimum Gasteiger partial charge on any atom is -0.493 e. The molecule has 0 bridgehead atoms. The lowest BCUT2D eigenvalue weighted by atomic mass is 10.0. The Morgan fingerprint density at radius 2 is 2.22 bits per heavy atom. The SMILES string of the molecule is Cn1nccc1CN1CC[C@@H](c2cc(CCOc3cccc(F)c3)[nH]n2)C1. The molecule has 1 fully saturated rings. The van der Waals surface area contributed by atoms with Crippen molar-refractivity contribution < 1.29 is 9.13 Å². The summed E-state index contributed by atoms with van der Waals surface area (Å²) < 4.78 is 20.7. The molecule has 1 aliphatic heterocycles. The van der Waals surface area contributed by atoms with Gasteiger partial charge in [0.2, 0.25) is 0 Å². The number of aryl methyl sites for hydroxylation is 1. The van der Waals surface area contributed by atoms with Crippen molar-refractivity contribution in [3.8, 4) is 5.75 Å². The van der Waals surface area contributed by atoms with Crippen LogP contribution in [0.4, 0.5) is 4.39 Å². The summed E-state index contributed by atoms with van der Waals surface area (Å²) in [6.07, 6.45) is 3.67. The van der Waals surface area contributed by atoms with Gasteiger partial charge in [-0.1, -0.05) is 6.07 Å². The molecule has 0 aliphatic carbocycles. The van der Waals surface area contributed by atoms with Crippen LogP contribution in [0.15, 0.2) is 42.6 Å². The Kier molecular flexibility index (Phi) is 5.20. The number of halogens is 1. The number of nitrogens with zero attached hydrogens (tertiary/aromatic N) is 4. The first kappa shape index (κ1) is 17.7. The van der Waals surface area contributed by atoms with E-state index in [0.29, 0.717) is 18.3 Å². The largest absolute Gasteiger partial charge is 0.493 e. The van der Waals surface area contributed by atoms with Gasteiger partial charge >= 0.3 is 0 Å². The van der Waals surface area contributed by atoms with Crippen molar-refractivity contribution in [1.82, 2.24) is 24.9 Å². The van der Waals surface area contributed by atoms with Crippen LogP contribution in [0.5, 0.6) is 5.75 Å². The van der Waals surface area contributed by atoms with Crippen molar-refractivity contribution in [1.29, 1.82) is 0 Å². The average molecular weight is 369 g/mol. The molecule has 0 saturated carbocycles. The second kappa shape index (κ2) is 7.92. The van der Waals surface area contributed by atoms with Crippen molar-refractivity contribution >= 4 is 0 Å². The van der Waals surface area contributed by atoms with Gasteiger partial charge in [-0.15, -0.1) is 0 Å².